The number of hydrogen-bond acceptors (Lipinski definition) is 6. The van der Waals surface area contributed by atoms with Crippen LogP contribution in [0.5, 0.6) is 5.75 Å². The number of nitrogens with one attached hydrogen (secondary N) is 1. The van der Waals surface area contributed by atoms with Crippen molar-refractivity contribution in [1.82, 2.24) is 0 Å². The molecule has 2 rings (SSSR count). The second-order valence-corrected chi connectivity index (χ2v) is 7.66. The first-order valence-electron chi connectivity index (χ1n) is 7.55. The summed E-state index contributed by atoms with van der Waals surface area (Å²) >= 11 is 3.26. The molecule has 0 aliphatic carbocycles. The maximum Gasteiger partial charge on any atom is 0.261 e. The number of nitrogens with zero attached hydrogens (tertiary/aromatic N) is 1. The van der Waals surface area contributed by atoms with E-state index in [-0.39, 0.29) is 22.7 Å². The van der Waals surface area contributed by atoms with Crippen molar-refractivity contribution in [1.29, 1.82) is 0 Å². The van der Waals surface area contributed by atoms with Gasteiger partial charge in [-0.25, -0.2) is 8.42 Å². The summed E-state index contributed by atoms with van der Waals surface area (Å²) in [6.45, 7) is 0.501. The molecule has 0 aliphatic heterocycles. The zero-order valence-electron chi connectivity index (χ0n) is 14.2. The fourth-order valence-corrected chi connectivity index (χ4v) is 3.90. The van der Waals surface area contributed by atoms with E-state index in [0.717, 1.165) is 0 Å². The molecule has 0 fully saturated rings. The number of aliphatic imine (C=N–C) groups is 1. The minimum Gasteiger partial charge on any atom is -0.858 e. The number of para-hydroxylation sites is 1. The van der Waals surface area contributed by atoms with Crippen LogP contribution in [0.2, 0.25) is 0 Å². The second-order valence-electron chi connectivity index (χ2n) is 5.13. The molecule has 0 spiro atoms. The zero-order chi connectivity index (χ0) is 19.2. The molecule has 0 saturated carbocycles. The Balaban J connectivity index is 2.33. The van der Waals surface area contributed by atoms with Gasteiger partial charge in [-0.15, -0.1) is 0 Å². The van der Waals surface area contributed by atoms with E-state index in [1.807, 2.05) is 0 Å². The first kappa shape index (κ1) is 20.2. The molecule has 7 nitrogen and oxygen atoms in total. The van der Waals surface area contributed by atoms with Crippen LogP contribution < -0.4 is 14.6 Å². The molecule has 0 heterocycles. The highest BCUT2D eigenvalue weighted by atomic mass is 79.9. The molecule has 0 aromatic heterocycles. The third kappa shape index (κ3) is 4.96. The highest BCUT2D eigenvalue weighted by Crippen LogP contribution is 2.28. The van der Waals surface area contributed by atoms with E-state index in [9.17, 15) is 13.5 Å². The lowest BCUT2D eigenvalue weighted by molar-refractivity contribution is -0.213. The topological polar surface area (TPSA) is 100 Å². The molecule has 0 aliphatic rings. The molecule has 1 N–H and O–H groups in total. The van der Waals surface area contributed by atoms with Crippen LogP contribution in [0, 0.1) is 0 Å². The Kier molecular flexibility index (Phi) is 7.01. The van der Waals surface area contributed by atoms with Gasteiger partial charge in [-0.1, -0.05) is 18.2 Å². The van der Waals surface area contributed by atoms with E-state index < -0.39 is 15.9 Å². The third-order valence-corrected chi connectivity index (χ3v) is 5.37. The van der Waals surface area contributed by atoms with Gasteiger partial charge in [-0.3, -0.25) is 9.71 Å². The van der Waals surface area contributed by atoms with Gasteiger partial charge in [0.05, 0.1) is 35.3 Å². The van der Waals surface area contributed by atoms with E-state index in [2.05, 4.69) is 25.6 Å². The standard InChI is InChI=1S/C17H19BrN2O5S/c1-24-10-9-19-17(21)13-5-3-4-6-15(13)20-26(22,23)12-7-8-16(25-2)14(18)11-12/h3-8,11,20H,9-10H2,1-2H3,(H,19,21)/p-1. The Bertz CT molecular complexity index is 900. The van der Waals surface area contributed by atoms with Gasteiger partial charge in [0.15, 0.2) is 0 Å². The predicted molar refractivity (Wildman–Crippen MR) is 101 cm³/mol. The van der Waals surface area contributed by atoms with Crippen LogP contribution in [0.1, 0.15) is 5.56 Å². The van der Waals surface area contributed by atoms with Gasteiger partial charge >= 0.3 is 0 Å². The van der Waals surface area contributed by atoms with Crippen molar-refractivity contribution in [2.75, 3.05) is 32.1 Å². The van der Waals surface area contributed by atoms with Crippen molar-refractivity contribution in [3.8, 4) is 5.75 Å². The highest BCUT2D eigenvalue weighted by molar-refractivity contribution is 9.10. The average Bonchev–Trinajstić information content (AvgIpc) is 2.62. The zero-order valence-corrected chi connectivity index (χ0v) is 16.6. The lowest BCUT2D eigenvalue weighted by atomic mass is 10.2. The quantitative estimate of drug-likeness (QED) is 0.383. The molecule has 0 amide bonds. The molecule has 2 aromatic carbocycles. The van der Waals surface area contributed by atoms with Gasteiger partial charge in [-0.2, -0.15) is 0 Å². The minimum absolute atomic E-state index is 0.0312. The molecule has 140 valence electrons. The Morgan fingerprint density at radius 1 is 1.23 bits per heavy atom. The maximum absolute atomic E-state index is 12.7. The molecule has 26 heavy (non-hydrogen) atoms. The van der Waals surface area contributed by atoms with E-state index in [1.54, 1.807) is 12.1 Å². The number of anilines is 1. The van der Waals surface area contributed by atoms with E-state index in [0.29, 0.717) is 16.8 Å². The highest BCUT2D eigenvalue weighted by Gasteiger charge is 2.17. The number of benzene rings is 2. The number of sulfonamides is 1. The minimum atomic E-state index is -3.90. The van der Waals surface area contributed by atoms with Crippen LogP contribution >= 0.6 is 15.9 Å². The smallest absolute Gasteiger partial charge is 0.261 e. The predicted octanol–water partition coefficient (Wildman–Crippen LogP) is 2.01. The first-order chi connectivity index (χ1) is 12.4. The molecule has 0 bridgehead atoms. The van der Waals surface area contributed by atoms with Gasteiger partial charge < -0.3 is 14.6 Å². The molecule has 0 saturated heterocycles. The van der Waals surface area contributed by atoms with Gasteiger partial charge in [0.1, 0.15) is 5.75 Å². The van der Waals surface area contributed by atoms with Gasteiger partial charge in [0.25, 0.3) is 10.0 Å². The fraction of sp³-hybridized carbons (Fsp3) is 0.235. The van der Waals surface area contributed by atoms with Crippen molar-refractivity contribution in [2.24, 2.45) is 4.99 Å². The largest absolute Gasteiger partial charge is 0.858 e. The summed E-state index contributed by atoms with van der Waals surface area (Å²) in [7, 11) is -0.900. The Labute approximate surface area is 160 Å². The summed E-state index contributed by atoms with van der Waals surface area (Å²) in [6, 6.07) is 10.7. The molecule has 0 unspecified atom stereocenters. The summed E-state index contributed by atoms with van der Waals surface area (Å²) in [5.41, 5.74) is 0.324. The summed E-state index contributed by atoms with van der Waals surface area (Å²) in [5, 5.41) is 12.2. The lowest BCUT2D eigenvalue weighted by Crippen LogP contribution is -2.23. The van der Waals surface area contributed by atoms with Crippen LogP contribution in [0.15, 0.2) is 56.8 Å². The third-order valence-electron chi connectivity index (χ3n) is 3.39. The summed E-state index contributed by atoms with van der Waals surface area (Å²) < 4.78 is 38.2. The fourth-order valence-electron chi connectivity index (χ4n) is 2.10. The van der Waals surface area contributed by atoms with Crippen LogP contribution in [-0.4, -0.2) is 41.7 Å². The lowest BCUT2D eigenvalue weighted by Gasteiger charge is -2.17. The van der Waals surface area contributed by atoms with Crippen molar-refractivity contribution in [3.05, 3.63) is 52.5 Å². The molecular weight excluding hydrogens is 424 g/mol. The monoisotopic (exact) mass is 441 g/mol. The first-order valence-corrected chi connectivity index (χ1v) is 9.83. The number of rotatable bonds is 8. The van der Waals surface area contributed by atoms with Gasteiger partial charge in [0.2, 0.25) is 0 Å². The van der Waals surface area contributed by atoms with Crippen LogP contribution in [-0.2, 0) is 14.8 Å². The Hall–Kier alpha value is -2.10. The van der Waals surface area contributed by atoms with Gasteiger partial charge in [-0.05, 0) is 46.1 Å². The molecule has 2 aromatic rings. The summed E-state index contributed by atoms with van der Waals surface area (Å²) in [6.07, 6.45) is 0. The van der Waals surface area contributed by atoms with Crippen molar-refractivity contribution in [2.45, 2.75) is 4.90 Å². The van der Waals surface area contributed by atoms with E-state index in [1.165, 1.54) is 44.6 Å². The SMILES string of the molecule is COCCN=C([O-])c1ccccc1NS(=O)(=O)c1ccc(OC)c(Br)c1. The van der Waals surface area contributed by atoms with Crippen LogP contribution in [0.25, 0.3) is 0 Å². The van der Waals surface area contributed by atoms with Crippen LogP contribution in [0.3, 0.4) is 0 Å². The average molecular weight is 442 g/mol. The number of ether oxygens (including phenoxy) is 2. The molecule has 9 heteroatoms. The van der Waals surface area contributed by atoms with Crippen molar-refractivity contribution in [3.63, 3.8) is 0 Å². The van der Waals surface area contributed by atoms with Crippen LogP contribution in [0.4, 0.5) is 5.69 Å². The number of hydrogen-bond donors (Lipinski definition) is 1. The Morgan fingerprint density at radius 3 is 2.62 bits per heavy atom. The summed E-state index contributed by atoms with van der Waals surface area (Å²) in [5.74, 6) is -0.00673. The van der Waals surface area contributed by atoms with Gasteiger partial charge in [0, 0.05) is 12.7 Å². The number of halogens is 1. The summed E-state index contributed by atoms with van der Waals surface area (Å²) in [4.78, 5) is 3.89. The van der Waals surface area contributed by atoms with Crippen molar-refractivity contribution >= 4 is 37.5 Å². The maximum atomic E-state index is 12.7. The molecular formula is C17H18BrN2O5S-. The van der Waals surface area contributed by atoms with Crippen molar-refractivity contribution < 1.29 is 23.0 Å². The van der Waals surface area contributed by atoms with E-state index >= 15 is 0 Å². The number of methoxy groups -OCH3 is 2. The Morgan fingerprint density at radius 2 is 1.96 bits per heavy atom. The molecule has 0 radical (unpaired) electrons. The normalized spacial score (nSPS) is 12.0. The molecule has 0 atom stereocenters. The second kappa shape index (κ2) is 9.02. The van der Waals surface area contributed by atoms with E-state index in [4.69, 9.17) is 9.47 Å².